The van der Waals surface area contributed by atoms with Gasteiger partial charge in [0.25, 0.3) is 0 Å². The van der Waals surface area contributed by atoms with E-state index in [4.69, 9.17) is 4.74 Å². The van der Waals surface area contributed by atoms with Crippen LogP contribution in [-0.4, -0.2) is 12.1 Å². The molecule has 0 spiro atoms. The maximum Gasteiger partial charge on any atom is 0.120 e. The molecule has 0 aliphatic rings. The molecule has 0 radical (unpaired) electrons. The largest absolute Gasteiger partial charge is 0.497 e. The van der Waals surface area contributed by atoms with E-state index in [9.17, 15) is 0 Å². The van der Waals surface area contributed by atoms with E-state index in [0.717, 1.165) is 11.3 Å². The quantitative estimate of drug-likeness (QED) is 0.770. The molecule has 2 heteroatoms. The molecule has 0 bridgehead atoms. The Morgan fingerprint density at radius 2 is 2.00 bits per heavy atom. The zero-order valence-electron chi connectivity index (χ0n) is 8.79. The van der Waals surface area contributed by atoms with Gasteiger partial charge >= 0.3 is 0 Å². The van der Waals surface area contributed by atoms with Gasteiger partial charge in [0.1, 0.15) is 5.75 Å². The first kappa shape index (κ1) is 9.13. The minimum Gasteiger partial charge on any atom is -0.497 e. The first-order valence-corrected chi connectivity index (χ1v) is 4.87. The van der Waals surface area contributed by atoms with Gasteiger partial charge in [-0.25, -0.2) is 0 Å². The van der Waals surface area contributed by atoms with E-state index < -0.39 is 0 Å². The monoisotopic (exact) mass is 189 g/mol. The Kier molecular flexibility index (Phi) is 2.20. The van der Waals surface area contributed by atoms with E-state index in [1.807, 2.05) is 12.1 Å². The first-order chi connectivity index (χ1) is 6.70. The summed E-state index contributed by atoms with van der Waals surface area (Å²) in [6.07, 6.45) is 0. The van der Waals surface area contributed by atoms with E-state index in [1.165, 1.54) is 11.1 Å². The summed E-state index contributed by atoms with van der Waals surface area (Å²) in [6.45, 7) is 4.36. The SMILES string of the molecule is COc1ccc2cc(C(C)C)[nH]c2c1. The zero-order chi connectivity index (χ0) is 10.1. The van der Waals surface area contributed by atoms with E-state index >= 15 is 0 Å². The second kappa shape index (κ2) is 3.37. The summed E-state index contributed by atoms with van der Waals surface area (Å²) in [5.74, 6) is 1.43. The van der Waals surface area contributed by atoms with Crippen molar-refractivity contribution in [3.8, 4) is 5.75 Å². The first-order valence-electron chi connectivity index (χ1n) is 4.87. The maximum absolute atomic E-state index is 5.17. The minimum atomic E-state index is 0.536. The molecule has 14 heavy (non-hydrogen) atoms. The number of fused-ring (bicyclic) bond motifs is 1. The summed E-state index contributed by atoms with van der Waals surface area (Å²) < 4.78 is 5.17. The van der Waals surface area contributed by atoms with Crippen molar-refractivity contribution >= 4 is 10.9 Å². The Labute approximate surface area is 83.9 Å². The van der Waals surface area contributed by atoms with E-state index in [-0.39, 0.29) is 0 Å². The molecule has 2 nitrogen and oxygen atoms in total. The maximum atomic E-state index is 5.17. The fourth-order valence-electron chi connectivity index (χ4n) is 1.57. The molecule has 0 fully saturated rings. The van der Waals surface area contributed by atoms with Crippen molar-refractivity contribution < 1.29 is 4.74 Å². The molecule has 0 saturated carbocycles. The Bertz CT molecular complexity index is 443. The van der Waals surface area contributed by atoms with E-state index in [0.29, 0.717) is 5.92 Å². The molecule has 0 unspecified atom stereocenters. The van der Waals surface area contributed by atoms with E-state index in [1.54, 1.807) is 7.11 Å². The molecule has 1 heterocycles. The lowest BCUT2D eigenvalue weighted by molar-refractivity contribution is 0.415. The van der Waals surface area contributed by atoms with Crippen LogP contribution in [0.3, 0.4) is 0 Å². The van der Waals surface area contributed by atoms with Crippen molar-refractivity contribution in [2.75, 3.05) is 7.11 Å². The van der Waals surface area contributed by atoms with Crippen LogP contribution in [0, 0.1) is 0 Å². The van der Waals surface area contributed by atoms with Gasteiger partial charge in [-0.3, -0.25) is 0 Å². The fourth-order valence-corrected chi connectivity index (χ4v) is 1.57. The predicted molar refractivity (Wildman–Crippen MR) is 58.9 cm³/mol. The van der Waals surface area contributed by atoms with Crippen LogP contribution in [0.1, 0.15) is 25.5 Å². The molecular formula is C12H15NO. The highest BCUT2D eigenvalue weighted by Crippen LogP contribution is 2.24. The van der Waals surface area contributed by atoms with Crippen molar-refractivity contribution in [2.24, 2.45) is 0 Å². The number of aromatic amines is 1. The van der Waals surface area contributed by atoms with Gasteiger partial charge in [-0.1, -0.05) is 13.8 Å². The number of aromatic nitrogens is 1. The molecular weight excluding hydrogens is 174 g/mol. The topological polar surface area (TPSA) is 25.0 Å². The van der Waals surface area contributed by atoms with Crippen molar-refractivity contribution in [3.63, 3.8) is 0 Å². The number of benzene rings is 1. The number of nitrogens with one attached hydrogen (secondary N) is 1. The third-order valence-corrected chi connectivity index (χ3v) is 2.47. The average molecular weight is 189 g/mol. The average Bonchev–Trinajstić information content (AvgIpc) is 2.59. The molecule has 2 aromatic rings. The summed E-state index contributed by atoms with van der Waals surface area (Å²) in [5, 5.41) is 1.24. The van der Waals surface area contributed by atoms with Gasteiger partial charge in [-0.2, -0.15) is 0 Å². The summed E-state index contributed by atoms with van der Waals surface area (Å²) in [6, 6.07) is 8.29. The van der Waals surface area contributed by atoms with E-state index in [2.05, 4.69) is 31.0 Å². The lowest BCUT2D eigenvalue weighted by Gasteiger charge is -1.99. The molecule has 74 valence electrons. The highest BCUT2D eigenvalue weighted by Gasteiger charge is 2.04. The van der Waals surface area contributed by atoms with Crippen LogP contribution in [0.25, 0.3) is 10.9 Å². The zero-order valence-corrected chi connectivity index (χ0v) is 8.79. The van der Waals surface area contributed by atoms with Crippen molar-refractivity contribution in [2.45, 2.75) is 19.8 Å². The van der Waals surface area contributed by atoms with Gasteiger partial charge in [0.2, 0.25) is 0 Å². The minimum absolute atomic E-state index is 0.536. The molecule has 0 atom stereocenters. The van der Waals surface area contributed by atoms with Crippen LogP contribution in [-0.2, 0) is 0 Å². The second-order valence-corrected chi connectivity index (χ2v) is 3.83. The molecule has 1 N–H and O–H groups in total. The highest BCUT2D eigenvalue weighted by molar-refractivity contribution is 5.81. The molecule has 0 amide bonds. The third kappa shape index (κ3) is 1.48. The molecule has 1 aromatic heterocycles. The number of H-pyrrole nitrogens is 1. The lowest BCUT2D eigenvalue weighted by Crippen LogP contribution is -1.85. The number of hydrogen-bond acceptors (Lipinski definition) is 1. The molecule has 0 aliphatic heterocycles. The van der Waals surface area contributed by atoms with Gasteiger partial charge < -0.3 is 9.72 Å². The summed E-state index contributed by atoms with van der Waals surface area (Å²) in [4.78, 5) is 3.39. The fraction of sp³-hybridized carbons (Fsp3) is 0.333. The van der Waals surface area contributed by atoms with Gasteiger partial charge in [0.05, 0.1) is 7.11 Å². The number of hydrogen-bond donors (Lipinski definition) is 1. The van der Waals surface area contributed by atoms with Gasteiger partial charge in [-0.15, -0.1) is 0 Å². The van der Waals surface area contributed by atoms with Gasteiger partial charge in [0, 0.05) is 17.3 Å². The standard InChI is InChI=1S/C12H15NO/c1-8(2)11-6-9-4-5-10(14-3)7-12(9)13-11/h4-8,13H,1-3H3. The number of ether oxygens (including phenoxy) is 1. The predicted octanol–water partition coefficient (Wildman–Crippen LogP) is 3.30. The smallest absolute Gasteiger partial charge is 0.120 e. The van der Waals surface area contributed by atoms with Crippen molar-refractivity contribution in [3.05, 3.63) is 30.0 Å². The van der Waals surface area contributed by atoms with Gasteiger partial charge in [-0.05, 0) is 29.5 Å². The van der Waals surface area contributed by atoms with Crippen molar-refractivity contribution in [1.29, 1.82) is 0 Å². The highest BCUT2D eigenvalue weighted by atomic mass is 16.5. The Morgan fingerprint density at radius 1 is 1.21 bits per heavy atom. The normalized spacial score (nSPS) is 11.1. The molecule has 2 rings (SSSR count). The summed E-state index contributed by atoms with van der Waals surface area (Å²) in [7, 11) is 1.69. The second-order valence-electron chi connectivity index (χ2n) is 3.83. The summed E-state index contributed by atoms with van der Waals surface area (Å²) >= 11 is 0. The van der Waals surface area contributed by atoms with Crippen LogP contribution in [0.2, 0.25) is 0 Å². The van der Waals surface area contributed by atoms with Crippen LogP contribution >= 0.6 is 0 Å². The molecule has 1 aromatic carbocycles. The van der Waals surface area contributed by atoms with Crippen LogP contribution < -0.4 is 4.74 Å². The van der Waals surface area contributed by atoms with Crippen LogP contribution in [0.15, 0.2) is 24.3 Å². The number of rotatable bonds is 2. The van der Waals surface area contributed by atoms with Crippen molar-refractivity contribution in [1.82, 2.24) is 4.98 Å². The van der Waals surface area contributed by atoms with Crippen LogP contribution in [0.5, 0.6) is 5.75 Å². The Hall–Kier alpha value is -1.44. The number of methoxy groups -OCH3 is 1. The van der Waals surface area contributed by atoms with Gasteiger partial charge in [0.15, 0.2) is 0 Å². The third-order valence-electron chi connectivity index (χ3n) is 2.47. The molecule has 0 aliphatic carbocycles. The Morgan fingerprint density at radius 3 is 2.64 bits per heavy atom. The molecule has 0 saturated heterocycles. The Balaban J connectivity index is 2.54. The summed E-state index contributed by atoms with van der Waals surface area (Å²) in [5.41, 5.74) is 2.42. The lowest BCUT2D eigenvalue weighted by atomic mass is 10.1. The van der Waals surface area contributed by atoms with Crippen LogP contribution in [0.4, 0.5) is 0 Å².